The van der Waals surface area contributed by atoms with Crippen LogP contribution in [0.2, 0.25) is 0 Å². The van der Waals surface area contributed by atoms with E-state index in [0.717, 1.165) is 11.3 Å². The fourth-order valence-electron chi connectivity index (χ4n) is 3.82. The molecule has 1 atom stereocenters. The van der Waals surface area contributed by atoms with Gasteiger partial charge in [-0.3, -0.25) is 4.79 Å². The van der Waals surface area contributed by atoms with Crippen LogP contribution in [0, 0.1) is 0 Å². The first-order chi connectivity index (χ1) is 16.6. The molecule has 0 saturated carbocycles. The van der Waals surface area contributed by atoms with Gasteiger partial charge in [-0.05, 0) is 50.8 Å². The van der Waals surface area contributed by atoms with Gasteiger partial charge in [-0.2, -0.15) is 0 Å². The molecule has 0 spiro atoms. The van der Waals surface area contributed by atoms with Gasteiger partial charge in [-0.1, -0.05) is 17.8 Å². The molecule has 0 bridgehead atoms. The highest BCUT2D eigenvalue weighted by Gasteiger charge is 2.42. The molecule has 35 heavy (non-hydrogen) atoms. The zero-order valence-electron chi connectivity index (χ0n) is 21.3. The summed E-state index contributed by atoms with van der Waals surface area (Å²) in [6, 6.07) is 4.95. The third kappa shape index (κ3) is 6.18. The standard InChI is InChI=1S/C25H33N3O6S/c1-15-21(23(30)34-25(2,3)4)22(16-8-9-18(32-6)19(12-16)33-7)28-17(14-35-24(28)27-15)13-20(29)26-10-11-31-5/h8-9,12,14,22H,10-11,13H2,1-7H3,(H,26,29). The number of esters is 1. The number of allylic oxidation sites excluding steroid dienone is 1. The number of carbonyl (C=O) groups is 2. The molecule has 190 valence electrons. The summed E-state index contributed by atoms with van der Waals surface area (Å²) in [5, 5.41) is 5.43. The SMILES string of the molecule is COCCNC(=O)CC1=CSC2=NC(C)=C(C(=O)OC(C)(C)C)C(c3ccc(OC)c(OC)c3)N12. The Morgan fingerprint density at radius 2 is 1.86 bits per heavy atom. The zero-order valence-corrected chi connectivity index (χ0v) is 22.1. The van der Waals surface area contributed by atoms with Gasteiger partial charge in [-0.25, -0.2) is 9.79 Å². The largest absolute Gasteiger partial charge is 0.493 e. The van der Waals surface area contributed by atoms with Gasteiger partial charge in [0, 0.05) is 19.4 Å². The number of methoxy groups -OCH3 is 3. The fraction of sp³-hybridized carbons (Fsp3) is 0.480. The summed E-state index contributed by atoms with van der Waals surface area (Å²) in [6.07, 6.45) is 0.125. The molecule has 2 heterocycles. The first kappa shape index (κ1) is 26.6. The van der Waals surface area contributed by atoms with E-state index in [0.29, 0.717) is 41.1 Å². The van der Waals surface area contributed by atoms with Crippen molar-refractivity contribution in [3.05, 3.63) is 46.1 Å². The summed E-state index contributed by atoms with van der Waals surface area (Å²) in [4.78, 5) is 32.7. The number of amides is 1. The number of thioether (sulfide) groups is 1. The number of hydrogen-bond donors (Lipinski definition) is 1. The Labute approximate surface area is 210 Å². The fourth-order valence-corrected chi connectivity index (χ4v) is 4.79. The highest BCUT2D eigenvalue weighted by atomic mass is 32.2. The molecule has 0 aromatic heterocycles. The lowest BCUT2D eigenvalue weighted by Gasteiger charge is -2.37. The third-order valence-corrected chi connectivity index (χ3v) is 6.20. The van der Waals surface area contributed by atoms with E-state index in [1.54, 1.807) is 34.3 Å². The first-order valence-electron chi connectivity index (χ1n) is 11.2. The van der Waals surface area contributed by atoms with Gasteiger partial charge in [-0.15, -0.1) is 0 Å². The van der Waals surface area contributed by atoms with Crippen molar-refractivity contribution in [1.82, 2.24) is 10.2 Å². The maximum Gasteiger partial charge on any atom is 0.338 e. The minimum atomic E-state index is -0.684. The molecule has 1 unspecified atom stereocenters. The van der Waals surface area contributed by atoms with E-state index >= 15 is 0 Å². The lowest BCUT2D eigenvalue weighted by Crippen LogP contribution is -2.39. The average Bonchev–Trinajstić information content (AvgIpc) is 3.18. The molecule has 10 heteroatoms. The Morgan fingerprint density at radius 3 is 2.49 bits per heavy atom. The Bertz CT molecular complexity index is 1070. The van der Waals surface area contributed by atoms with Crippen molar-refractivity contribution in [2.24, 2.45) is 4.99 Å². The van der Waals surface area contributed by atoms with Crippen LogP contribution in [-0.4, -0.2) is 62.0 Å². The Balaban J connectivity index is 2.05. The quantitative estimate of drug-likeness (QED) is 0.402. The second-order valence-electron chi connectivity index (χ2n) is 9.03. The molecule has 0 saturated heterocycles. The Morgan fingerprint density at radius 1 is 1.14 bits per heavy atom. The number of hydrogen-bond acceptors (Lipinski definition) is 9. The van der Waals surface area contributed by atoms with Crippen LogP contribution in [-0.2, 0) is 19.1 Å². The molecule has 2 aliphatic rings. The van der Waals surface area contributed by atoms with Gasteiger partial charge in [0.25, 0.3) is 0 Å². The van der Waals surface area contributed by atoms with Crippen molar-refractivity contribution >= 4 is 28.8 Å². The Hall–Kier alpha value is -2.98. The molecule has 3 rings (SSSR count). The minimum Gasteiger partial charge on any atom is -0.493 e. The van der Waals surface area contributed by atoms with Gasteiger partial charge in [0.2, 0.25) is 5.91 Å². The highest BCUT2D eigenvalue weighted by Crippen LogP contribution is 2.46. The van der Waals surface area contributed by atoms with Gasteiger partial charge in [0.15, 0.2) is 16.7 Å². The molecule has 1 N–H and O–H groups in total. The summed E-state index contributed by atoms with van der Waals surface area (Å²) in [7, 11) is 4.71. The number of fused-ring (bicyclic) bond motifs is 1. The van der Waals surface area contributed by atoms with Crippen LogP contribution in [0.4, 0.5) is 0 Å². The summed E-state index contributed by atoms with van der Waals surface area (Å²) >= 11 is 1.42. The monoisotopic (exact) mass is 503 g/mol. The number of rotatable bonds is 9. The molecule has 9 nitrogen and oxygen atoms in total. The smallest absolute Gasteiger partial charge is 0.338 e. The molecule has 2 aliphatic heterocycles. The predicted octanol–water partition coefficient (Wildman–Crippen LogP) is 3.77. The van der Waals surface area contributed by atoms with Gasteiger partial charge < -0.3 is 29.2 Å². The number of benzene rings is 1. The number of carbonyl (C=O) groups excluding carboxylic acids is 2. The molecule has 1 amide bonds. The number of amidine groups is 1. The molecule has 0 aliphatic carbocycles. The zero-order chi connectivity index (χ0) is 25.8. The highest BCUT2D eigenvalue weighted by molar-refractivity contribution is 8.16. The summed E-state index contributed by atoms with van der Waals surface area (Å²) in [5.41, 5.74) is 1.80. The molecular weight excluding hydrogens is 470 g/mol. The summed E-state index contributed by atoms with van der Waals surface area (Å²) in [5.74, 6) is 0.499. The van der Waals surface area contributed by atoms with Crippen molar-refractivity contribution < 1.29 is 28.5 Å². The number of aliphatic imine (C=N–C) groups is 1. The molecule has 1 aromatic carbocycles. The number of ether oxygens (including phenoxy) is 4. The predicted molar refractivity (Wildman–Crippen MR) is 135 cm³/mol. The Kier molecular flexibility index (Phi) is 8.50. The van der Waals surface area contributed by atoms with Crippen molar-refractivity contribution in [3.63, 3.8) is 0 Å². The van der Waals surface area contributed by atoms with E-state index in [1.165, 1.54) is 11.8 Å². The molecule has 0 fully saturated rings. The van der Waals surface area contributed by atoms with Crippen LogP contribution < -0.4 is 14.8 Å². The van der Waals surface area contributed by atoms with Crippen molar-refractivity contribution in [3.8, 4) is 11.5 Å². The van der Waals surface area contributed by atoms with Gasteiger partial charge in [0.1, 0.15) is 5.60 Å². The first-order valence-corrected chi connectivity index (χ1v) is 12.1. The maximum absolute atomic E-state index is 13.4. The minimum absolute atomic E-state index is 0.125. The van der Waals surface area contributed by atoms with Crippen LogP contribution in [0.5, 0.6) is 11.5 Å². The van der Waals surface area contributed by atoms with Crippen molar-refractivity contribution in [2.45, 2.75) is 45.8 Å². The van der Waals surface area contributed by atoms with E-state index in [4.69, 9.17) is 18.9 Å². The lowest BCUT2D eigenvalue weighted by atomic mass is 9.93. The van der Waals surface area contributed by atoms with Gasteiger partial charge in [0.05, 0.1) is 44.6 Å². The van der Waals surface area contributed by atoms with Crippen molar-refractivity contribution in [2.75, 3.05) is 34.5 Å². The number of nitrogens with one attached hydrogen (secondary N) is 1. The third-order valence-electron chi connectivity index (χ3n) is 5.31. The molecular formula is C25H33N3O6S. The van der Waals surface area contributed by atoms with E-state index in [2.05, 4.69) is 10.3 Å². The van der Waals surface area contributed by atoms with Gasteiger partial charge >= 0.3 is 5.97 Å². The second kappa shape index (κ2) is 11.2. The average molecular weight is 504 g/mol. The topological polar surface area (TPSA) is 98.7 Å². The summed E-state index contributed by atoms with van der Waals surface area (Å²) < 4.78 is 21.7. The summed E-state index contributed by atoms with van der Waals surface area (Å²) in [6.45, 7) is 8.11. The van der Waals surface area contributed by atoms with Crippen LogP contribution in [0.3, 0.4) is 0 Å². The van der Waals surface area contributed by atoms with Crippen molar-refractivity contribution in [1.29, 1.82) is 0 Å². The van der Waals surface area contributed by atoms with E-state index in [9.17, 15) is 9.59 Å². The second-order valence-corrected chi connectivity index (χ2v) is 9.87. The van der Waals surface area contributed by atoms with Crippen LogP contribution in [0.1, 0.15) is 45.7 Å². The van der Waals surface area contributed by atoms with Crippen LogP contribution >= 0.6 is 11.8 Å². The van der Waals surface area contributed by atoms with E-state index < -0.39 is 17.6 Å². The maximum atomic E-state index is 13.4. The molecule has 0 radical (unpaired) electrons. The normalized spacial score (nSPS) is 17.5. The van der Waals surface area contributed by atoms with E-state index in [1.807, 2.05) is 43.2 Å². The van der Waals surface area contributed by atoms with E-state index in [-0.39, 0.29) is 12.3 Å². The van der Waals surface area contributed by atoms with Crippen LogP contribution in [0.15, 0.2) is 45.6 Å². The molecule has 1 aromatic rings. The van der Waals surface area contributed by atoms with Crippen LogP contribution in [0.25, 0.3) is 0 Å². The number of nitrogens with zero attached hydrogens (tertiary/aromatic N) is 2. The lowest BCUT2D eigenvalue weighted by molar-refractivity contribution is -0.150.